The number of hydrogen-bond acceptors (Lipinski definition) is 6. The minimum Gasteiger partial charge on any atom is -0.387 e. The molecule has 0 spiro atoms. The summed E-state index contributed by atoms with van der Waals surface area (Å²) in [5, 5.41) is 14.0. The van der Waals surface area contributed by atoms with Gasteiger partial charge in [0.25, 0.3) is 5.91 Å². The van der Waals surface area contributed by atoms with Crippen molar-refractivity contribution in [1.82, 2.24) is 24.8 Å². The highest BCUT2D eigenvalue weighted by atomic mass is 32.1. The third-order valence-corrected chi connectivity index (χ3v) is 6.40. The molecule has 0 saturated carbocycles. The average Bonchev–Trinajstić information content (AvgIpc) is 3.50. The lowest BCUT2D eigenvalue weighted by molar-refractivity contribution is -0.135. The Bertz CT molecular complexity index is 1190. The van der Waals surface area contributed by atoms with Gasteiger partial charge in [-0.3, -0.25) is 9.59 Å². The number of hydrogen-bond donors (Lipinski definition) is 2. The van der Waals surface area contributed by atoms with E-state index >= 15 is 0 Å². The molecule has 0 aliphatic carbocycles. The van der Waals surface area contributed by atoms with E-state index in [-0.39, 0.29) is 35.9 Å². The van der Waals surface area contributed by atoms with Crippen LogP contribution in [0.4, 0.5) is 4.39 Å². The molecule has 4 rings (SSSR count). The fraction of sp³-hybridized carbons (Fsp3) is 0.304. The lowest BCUT2D eigenvalue weighted by atomic mass is 10.0. The molecule has 3 heterocycles. The molecule has 170 valence electrons. The maximum atomic E-state index is 13.5. The van der Waals surface area contributed by atoms with Gasteiger partial charge in [-0.05, 0) is 37.1 Å². The molecular formula is C23H22FN5O3S. The lowest BCUT2D eigenvalue weighted by Gasteiger charge is -2.33. The van der Waals surface area contributed by atoms with E-state index in [0.717, 1.165) is 11.3 Å². The Kier molecular flexibility index (Phi) is 6.82. The number of likely N-dealkylation sites (tertiary alicyclic amines) is 1. The summed E-state index contributed by atoms with van der Waals surface area (Å²) < 4.78 is 15.5. The van der Waals surface area contributed by atoms with Gasteiger partial charge in [0.05, 0.1) is 18.6 Å². The van der Waals surface area contributed by atoms with Crippen LogP contribution in [0.25, 0.3) is 22.0 Å². The molecule has 10 heteroatoms. The van der Waals surface area contributed by atoms with E-state index in [0.29, 0.717) is 36.6 Å². The van der Waals surface area contributed by atoms with Crippen LogP contribution in [-0.2, 0) is 4.79 Å². The zero-order valence-corrected chi connectivity index (χ0v) is 18.5. The van der Waals surface area contributed by atoms with Crippen LogP contribution in [0, 0.1) is 18.2 Å². The topological polar surface area (TPSA) is 100 Å². The average molecular weight is 468 g/mol. The molecule has 8 nitrogen and oxygen atoms in total. The Morgan fingerprint density at radius 3 is 2.67 bits per heavy atom. The lowest BCUT2D eigenvalue weighted by Crippen LogP contribution is -2.40. The van der Waals surface area contributed by atoms with Crippen molar-refractivity contribution in [3.8, 4) is 34.3 Å². The van der Waals surface area contributed by atoms with E-state index in [1.165, 1.54) is 23.5 Å². The minimum atomic E-state index is -0.501. The van der Waals surface area contributed by atoms with Crippen LogP contribution in [0.1, 0.15) is 29.4 Å². The van der Waals surface area contributed by atoms with Gasteiger partial charge in [0.15, 0.2) is 0 Å². The molecule has 1 saturated heterocycles. The predicted octanol–water partition coefficient (Wildman–Crippen LogP) is 2.33. The van der Waals surface area contributed by atoms with E-state index in [4.69, 9.17) is 11.5 Å². The zero-order chi connectivity index (χ0) is 23.4. The number of nitrogens with one attached hydrogen (secondary N) is 1. The summed E-state index contributed by atoms with van der Waals surface area (Å²) in [5.74, 6) is 1.37. The van der Waals surface area contributed by atoms with Gasteiger partial charge in [-0.1, -0.05) is 5.92 Å². The number of imidazole rings is 1. The highest BCUT2D eigenvalue weighted by Crippen LogP contribution is 2.37. The first kappa shape index (κ1) is 22.6. The molecule has 1 aliphatic rings. The van der Waals surface area contributed by atoms with Gasteiger partial charge in [0.2, 0.25) is 5.91 Å². The van der Waals surface area contributed by atoms with Crippen LogP contribution in [0.2, 0.25) is 0 Å². The quantitative estimate of drug-likeness (QED) is 0.542. The fourth-order valence-electron chi connectivity index (χ4n) is 3.87. The Morgan fingerprint density at radius 2 is 2.00 bits per heavy atom. The van der Waals surface area contributed by atoms with Crippen molar-refractivity contribution in [1.29, 1.82) is 0 Å². The maximum absolute atomic E-state index is 13.5. The SMILES string of the molecule is C#CCNC(=O)c1csc(-c2c(-c3ccc(F)cc3)ncn2C2CCN(C(=O)CO)CC2)n1. The molecule has 2 aromatic heterocycles. The van der Waals surface area contributed by atoms with Crippen molar-refractivity contribution in [3.63, 3.8) is 0 Å². The second-order valence-corrected chi connectivity index (χ2v) is 8.41. The third kappa shape index (κ3) is 4.79. The number of aliphatic hydroxyl groups is 1. The highest BCUT2D eigenvalue weighted by Gasteiger charge is 2.28. The number of benzene rings is 1. The third-order valence-electron chi connectivity index (χ3n) is 5.55. The van der Waals surface area contributed by atoms with Crippen LogP contribution < -0.4 is 5.32 Å². The number of aliphatic hydroxyl groups excluding tert-OH is 1. The van der Waals surface area contributed by atoms with Crippen LogP contribution in [-0.4, -0.2) is 62.6 Å². The van der Waals surface area contributed by atoms with Crippen molar-refractivity contribution in [2.45, 2.75) is 18.9 Å². The number of thiazole rings is 1. The Labute approximate surface area is 194 Å². The van der Waals surface area contributed by atoms with Crippen LogP contribution >= 0.6 is 11.3 Å². The fourth-order valence-corrected chi connectivity index (χ4v) is 4.72. The van der Waals surface area contributed by atoms with Crippen LogP contribution in [0.3, 0.4) is 0 Å². The van der Waals surface area contributed by atoms with E-state index in [1.807, 2.05) is 4.57 Å². The Morgan fingerprint density at radius 1 is 1.27 bits per heavy atom. The molecule has 3 aromatic rings. The Balaban J connectivity index is 1.70. The van der Waals surface area contributed by atoms with E-state index in [2.05, 4.69) is 21.2 Å². The van der Waals surface area contributed by atoms with Gasteiger partial charge in [-0.2, -0.15) is 0 Å². The van der Waals surface area contributed by atoms with Crippen molar-refractivity contribution in [2.24, 2.45) is 0 Å². The summed E-state index contributed by atoms with van der Waals surface area (Å²) in [7, 11) is 0. The molecule has 2 amide bonds. The molecule has 0 unspecified atom stereocenters. The number of aromatic nitrogens is 3. The number of carbonyl (C=O) groups is 2. The second-order valence-electron chi connectivity index (χ2n) is 7.55. The molecule has 33 heavy (non-hydrogen) atoms. The number of rotatable bonds is 6. The molecule has 1 aromatic carbocycles. The van der Waals surface area contributed by atoms with Crippen LogP contribution in [0.5, 0.6) is 0 Å². The smallest absolute Gasteiger partial charge is 0.271 e. The molecule has 0 bridgehead atoms. The number of nitrogens with zero attached hydrogens (tertiary/aromatic N) is 4. The molecule has 0 atom stereocenters. The van der Waals surface area contributed by atoms with E-state index < -0.39 is 6.61 Å². The van der Waals surface area contributed by atoms with Crippen molar-refractivity contribution < 1.29 is 19.1 Å². The summed E-state index contributed by atoms with van der Waals surface area (Å²) in [4.78, 5) is 34.9. The Hall–Kier alpha value is -3.55. The van der Waals surface area contributed by atoms with Crippen molar-refractivity contribution in [3.05, 3.63) is 47.5 Å². The number of carbonyl (C=O) groups excluding carboxylic acids is 2. The van der Waals surface area contributed by atoms with Crippen LogP contribution in [0.15, 0.2) is 36.0 Å². The maximum Gasteiger partial charge on any atom is 0.271 e. The van der Waals surface area contributed by atoms with E-state index in [1.54, 1.807) is 28.7 Å². The zero-order valence-electron chi connectivity index (χ0n) is 17.7. The predicted molar refractivity (Wildman–Crippen MR) is 122 cm³/mol. The molecule has 1 fully saturated rings. The molecule has 0 radical (unpaired) electrons. The monoisotopic (exact) mass is 467 g/mol. The van der Waals surface area contributed by atoms with Gasteiger partial charge in [-0.15, -0.1) is 17.8 Å². The summed E-state index contributed by atoms with van der Waals surface area (Å²) in [6.07, 6.45) is 8.30. The van der Waals surface area contributed by atoms with E-state index in [9.17, 15) is 14.0 Å². The summed E-state index contributed by atoms with van der Waals surface area (Å²) in [6.45, 7) is 0.644. The largest absolute Gasteiger partial charge is 0.387 e. The number of halogens is 1. The summed E-state index contributed by atoms with van der Waals surface area (Å²) in [6, 6.07) is 6.10. The number of piperidine rings is 1. The first-order valence-corrected chi connectivity index (χ1v) is 11.3. The van der Waals surface area contributed by atoms with Gasteiger partial charge >= 0.3 is 0 Å². The molecule has 1 aliphatic heterocycles. The molecular weight excluding hydrogens is 445 g/mol. The number of terminal acetylenes is 1. The summed E-state index contributed by atoms with van der Waals surface area (Å²) >= 11 is 1.31. The number of amides is 2. The normalized spacial score (nSPS) is 14.2. The van der Waals surface area contributed by atoms with Gasteiger partial charge in [0.1, 0.15) is 28.8 Å². The van der Waals surface area contributed by atoms with Gasteiger partial charge in [0, 0.05) is 30.1 Å². The van der Waals surface area contributed by atoms with Crippen molar-refractivity contribution >= 4 is 23.2 Å². The first-order valence-electron chi connectivity index (χ1n) is 10.4. The minimum absolute atomic E-state index is 0.0482. The van der Waals surface area contributed by atoms with Gasteiger partial charge < -0.3 is 19.9 Å². The second kappa shape index (κ2) is 9.94. The first-order chi connectivity index (χ1) is 16.0. The van der Waals surface area contributed by atoms with Crippen molar-refractivity contribution in [2.75, 3.05) is 26.2 Å². The standard InChI is InChI=1S/C23H22FN5O3S/c1-2-9-25-22(32)18-13-33-23(27-18)21-20(15-3-5-16(24)6-4-15)26-14-29(21)17-7-10-28(11-8-17)19(31)12-30/h1,3-6,13-14,17,30H,7-12H2,(H,25,32). The summed E-state index contributed by atoms with van der Waals surface area (Å²) in [5.41, 5.74) is 2.35. The molecule has 2 N–H and O–H groups in total. The highest BCUT2D eigenvalue weighted by molar-refractivity contribution is 7.13. The van der Waals surface area contributed by atoms with Gasteiger partial charge in [-0.25, -0.2) is 14.4 Å².